The van der Waals surface area contributed by atoms with E-state index in [2.05, 4.69) is 20.5 Å². The van der Waals surface area contributed by atoms with Crippen molar-refractivity contribution in [2.45, 2.75) is 20.8 Å². The summed E-state index contributed by atoms with van der Waals surface area (Å²) in [5.74, 6) is -0.748. The third-order valence-electron chi connectivity index (χ3n) is 4.08. The number of hydrogen-bond donors (Lipinski definition) is 3. The van der Waals surface area contributed by atoms with Gasteiger partial charge >= 0.3 is 5.97 Å². The zero-order chi connectivity index (χ0) is 18.7. The van der Waals surface area contributed by atoms with E-state index in [1.165, 1.54) is 0 Å². The number of hydrogen-bond acceptors (Lipinski definition) is 4. The molecule has 134 valence electrons. The average molecular weight is 352 g/mol. The van der Waals surface area contributed by atoms with Crippen LogP contribution >= 0.6 is 0 Å². The monoisotopic (exact) mass is 352 g/mol. The summed E-state index contributed by atoms with van der Waals surface area (Å²) in [6, 6.07) is 9.28. The number of carbonyl (C=O) groups is 2. The lowest BCUT2D eigenvalue weighted by Crippen LogP contribution is -2.14. The number of nitrogens with zero attached hydrogens (tertiary/aromatic N) is 1. The minimum atomic E-state index is -0.431. The van der Waals surface area contributed by atoms with Gasteiger partial charge in [0.15, 0.2) is 0 Å². The van der Waals surface area contributed by atoms with Gasteiger partial charge in [0.1, 0.15) is 5.69 Å². The van der Waals surface area contributed by atoms with Crippen molar-refractivity contribution in [3.05, 3.63) is 59.0 Å². The Hall–Kier alpha value is -3.35. The number of H-pyrrole nitrogens is 2. The standard InChI is InChI=1S/C19H20N4O3/c1-4-26-19(25)16-11(2)17(21-12(16)3)18(24)22-14-7-5-6-13(10-14)15-8-9-20-23-15/h5-10,21H,4H2,1-3H3,(H,20,23)(H,22,24). The summed E-state index contributed by atoms with van der Waals surface area (Å²) >= 11 is 0. The summed E-state index contributed by atoms with van der Waals surface area (Å²) in [5.41, 5.74) is 4.34. The molecule has 3 aromatic rings. The van der Waals surface area contributed by atoms with Crippen LogP contribution in [0.3, 0.4) is 0 Å². The van der Waals surface area contributed by atoms with E-state index in [0.29, 0.717) is 28.2 Å². The van der Waals surface area contributed by atoms with Crippen molar-refractivity contribution in [1.82, 2.24) is 15.2 Å². The SMILES string of the molecule is CCOC(=O)c1c(C)[nH]c(C(=O)Nc2cccc(-c3ccn[nH]3)c2)c1C. The van der Waals surface area contributed by atoms with Crippen LogP contribution < -0.4 is 5.32 Å². The van der Waals surface area contributed by atoms with Crippen LogP contribution in [0.5, 0.6) is 0 Å². The van der Waals surface area contributed by atoms with Crippen LogP contribution in [0.25, 0.3) is 11.3 Å². The second kappa shape index (κ2) is 7.26. The molecule has 0 atom stereocenters. The van der Waals surface area contributed by atoms with Crippen LogP contribution in [0.1, 0.15) is 39.0 Å². The number of esters is 1. The molecule has 3 N–H and O–H groups in total. The molecular weight excluding hydrogens is 332 g/mol. The maximum Gasteiger partial charge on any atom is 0.340 e. The lowest BCUT2D eigenvalue weighted by molar-refractivity contribution is 0.0525. The second-order valence-corrected chi connectivity index (χ2v) is 5.85. The first kappa shape index (κ1) is 17.5. The van der Waals surface area contributed by atoms with Crippen molar-refractivity contribution in [2.24, 2.45) is 0 Å². The predicted octanol–water partition coefficient (Wildman–Crippen LogP) is 3.45. The van der Waals surface area contributed by atoms with E-state index in [4.69, 9.17) is 4.74 Å². The highest BCUT2D eigenvalue weighted by atomic mass is 16.5. The lowest BCUT2D eigenvalue weighted by Gasteiger charge is -2.07. The van der Waals surface area contributed by atoms with Crippen molar-refractivity contribution in [3.8, 4) is 11.3 Å². The van der Waals surface area contributed by atoms with E-state index in [0.717, 1.165) is 11.3 Å². The highest BCUT2D eigenvalue weighted by molar-refractivity contribution is 6.07. The van der Waals surface area contributed by atoms with Crippen LogP contribution in [0.2, 0.25) is 0 Å². The normalized spacial score (nSPS) is 10.6. The molecule has 7 heteroatoms. The average Bonchev–Trinajstić information content (AvgIpc) is 3.23. The summed E-state index contributed by atoms with van der Waals surface area (Å²) in [6.45, 7) is 5.50. The summed E-state index contributed by atoms with van der Waals surface area (Å²) in [5, 5.41) is 9.68. The van der Waals surface area contributed by atoms with E-state index in [-0.39, 0.29) is 12.5 Å². The number of carbonyl (C=O) groups excluding carboxylic acids is 2. The van der Waals surface area contributed by atoms with Gasteiger partial charge in [-0.1, -0.05) is 12.1 Å². The maximum absolute atomic E-state index is 12.7. The quantitative estimate of drug-likeness (QED) is 0.612. The van der Waals surface area contributed by atoms with Crippen molar-refractivity contribution in [3.63, 3.8) is 0 Å². The molecule has 3 rings (SSSR count). The second-order valence-electron chi connectivity index (χ2n) is 5.85. The molecule has 0 fully saturated rings. The maximum atomic E-state index is 12.7. The third-order valence-corrected chi connectivity index (χ3v) is 4.08. The molecule has 1 aromatic carbocycles. The van der Waals surface area contributed by atoms with Gasteiger partial charge in [-0.3, -0.25) is 9.89 Å². The van der Waals surface area contributed by atoms with E-state index in [9.17, 15) is 9.59 Å². The van der Waals surface area contributed by atoms with Gasteiger partial charge in [0.25, 0.3) is 5.91 Å². The zero-order valence-corrected chi connectivity index (χ0v) is 14.8. The predicted molar refractivity (Wildman–Crippen MR) is 98.2 cm³/mol. The lowest BCUT2D eigenvalue weighted by atomic mass is 10.1. The largest absolute Gasteiger partial charge is 0.462 e. The Morgan fingerprint density at radius 2 is 2.04 bits per heavy atom. The third kappa shape index (κ3) is 3.37. The van der Waals surface area contributed by atoms with Crippen LogP contribution in [-0.2, 0) is 4.74 Å². The molecule has 0 bridgehead atoms. The van der Waals surface area contributed by atoms with Gasteiger partial charge in [-0.05, 0) is 44.5 Å². The molecular formula is C19H20N4O3. The fraction of sp³-hybridized carbons (Fsp3) is 0.211. The first-order chi connectivity index (χ1) is 12.5. The topological polar surface area (TPSA) is 99.9 Å². The Balaban J connectivity index is 1.84. The van der Waals surface area contributed by atoms with E-state index >= 15 is 0 Å². The van der Waals surface area contributed by atoms with Gasteiger partial charge < -0.3 is 15.0 Å². The molecule has 1 amide bonds. The number of aromatic nitrogens is 3. The van der Waals surface area contributed by atoms with Gasteiger partial charge in [-0.15, -0.1) is 0 Å². The number of rotatable bonds is 5. The molecule has 0 aliphatic carbocycles. The van der Waals surface area contributed by atoms with E-state index in [1.807, 2.05) is 24.3 Å². The Kier molecular flexibility index (Phi) is 4.88. The molecule has 2 heterocycles. The molecule has 0 radical (unpaired) electrons. The van der Waals surface area contributed by atoms with E-state index in [1.54, 1.807) is 33.0 Å². The molecule has 26 heavy (non-hydrogen) atoms. The van der Waals surface area contributed by atoms with Crippen molar-refractivity contribution < 1.29 is 14.3 Å². The fourth-order valence-electron chi connectivity index (χ4n) is 2.86. The Bertz CT molecular complexity index is 942. The molecule has 0 spiro atoms. The van der Waals surface area contributed by atoms with Crippen LogP contribution in [0, 0.1) is 13.8 Å². The summed E-state index contributed by atoms with van der Waals surface area (Å²) in [6.07, 6.45) is 1.67. The molecule has 7 nitrogen and oxygen atoms in total. The van der Waals surface area contributed by atoms with Gasteiger partial charge in [0.05, 0.1) is 17.9 Å². The van der Waals surface area contributed by atoms with Crippen molar-refractivity contribution in [1.29, 1.82) is 0 Å². The fourth-order valence-corrected chi connectivity index (χ4v) is 2.86. The minimum Gasteiger partial charge on any atom is -0.462 e. The molecule has 0 saturated carbocycles. The molecule has 0 unspecified atom stereocenters. The Morgan fingerprint density at radius 1 is 1.23 bits per heavy atom. The van der Waals surface area contributed by atoms with Crippen molar-refractivity contribution in [2.75, 3.05) is 11.9 Å². The zero-order valence-electron chi connectivity index (χ0n) is 14.8. The van der Waals surface area contributed by atoms with Crippen LogP contribution in [0.15, 0.2) is 36.5 Å². The number of amides is 1. The number of nitrogens with one attached hydrogen (secondary N) is 3. The number of ether oxygens (including phenoxy) is 1. The number of benzene rings is 1. The first-order valence-corrected chi connectivity index (χ1v) is 8.28. The van der Waals surface area contributed by atoms with Crippen molar-refractivity contribution >= 4 is 17.6 Å². The van der Waals surface area contributed by atoms with Gasteiger partial charge in [-0.2, -0.15) is 5.10 Å². The number of anilines is 1. The highest BCUT2D eigenvalue weighted by Gasteiger charge is 2.22. The molecule has 0 saturated heterocycles. The molecule has 0 aliphatic rings. The summed E-state index contributed by atoms with van der Waals surface area (Å²) < 4.78 is 5.06. The van der Waals surface area contributed by atoms with Gasteiger partial charge in [-0.25, -0.2) is 4.79 Å². The molecule has 0 aliphatic heterocycles. The Morgan fingerprint density at radius 3 is 2.73 bits per heavy atom. The first-order valence-electron chi connectivity index (χ1n) is 8.28. The minimum absolute atomic E-state index is 0.283. The summed E-state index contributed by atoms with van der Waals surface area (Å²) in [7, 11) is 0. The smallest absolute Gasteiger partial charge is 0.340 e. The summed E-state index contributed by atoms with van der Waals surface area (Å²) in [4.78, 5) is 27.7. The van der Waals surface area contributed by atoms with Gasteiger partial charge in [0, 0.05) is 23.1 Å². The number of aryl methyl sites for hydroxylation is 1. The van der Waals surface area contributed by atoms with Crippen LogP contribution in [0.4, 0.5) is 5.69 Å². The highest BCUT2D eigenvalue weighted by Crippen LogP contribution is 2.23. The number of aromatic amines is 2. The Labute approximate surface area is 150 Å². The van der Waals surface area contributed by atoms with Gasteiger partial charge in [0.2, 0.25) is 0 Å². The van der Waals surface area contributed by atoms with E-state index < -0.39 is 5.97 Å². The van der Waals surface area contributed by atoms with Crippen LogP contribution in [-0.4, -0.2) is 33.7 Å². The molecule has 2 aromatic heterocycles.